The van der Waals surface area contributed by atoms with Gasteiger partial charge in [0.15, 0.2) is 0 Å². The van der Waals surface area contributed by atoms with Gasteiger partial charge in [0, 0.05) is 5.92 Å². The predicted molar refractivity (Wildman–Crippen MR) is 140 cm³/mol. The second-order valence-corrected chi connectivity index (χ2v) is 14.0. The lowest BCUT2D eigenvalue weighted by Crippen LogP contribution is -2.66. The van der Waals surface area contributed by atoms with Gasteiger partial charge in [0.25, 0.3) is 0 Å². The van der Waals surface area contributed by atoms with E-state index in [1.165, 1.54) is 6.42 Å². The molecular weight excluding hydrogens is 454 g/mol. The van der Waals surface area contributed by atoms with Crippen LogP contribution in [0.1, 0.15) is 99.3 Å². The Hall–Kier alpha value is -1.14. The lowest BCUT2D eigenvalue weighted by atomic mass is 9.38. The van der Waals surface area contributed by atoms with E-state index in [0.29, 0.717) is 29.6 Å². The van der Waals surface area contributed by atoms with Crippen LogP contribution in [-0.4, -0.2) is 45.4 Å². The molecule has 0 heterocycles. The van der Waals surface area contributed by atoms with Gasteiger partial charge >= 0.3 is 5.97 Å². The zero-order valence-electron chi connectivity index (χ0n) is 23.4. The van der Waals surface area contributed by atoms with Gasteiger partial charge in [-0.3, -0.25) is 9.59 Å². The second-order valence-electron chi connectivity index (χ2n) is 14.0. The summed E-state index contributed by atoms with van der Waals surface area (Å²) >= 11 is 0. The highest BCUT2D eigenvalue weighted by Crippen LogP contribution is 2.71. The summed E-state index contributed by atoms with van der Waals surface area (Å²) in [5, 5.41) is 34.3. The minimum Gasteiger partial charge on any atom is -0.480 e. The van der Waals surface area contributed by atoms with Crippen molar-refractivity contribution in [3.63, 3.8) is 0 Å². The topological polar surface area (TPSA) is 107 Å². The van der Waals surface area contributed by atoms with Crippen LogP contribution in [0.4, 0.5) is 0 Å². The molecule has 4 fully saturated rings. The molecular formula is C30H51NO5. The number of carboxylic acids is 1. The van der Waals surface area contributed by atoms with Gasteiger partial charge in [-0.15, -0.1) is 0 Å². The van der Waals surface area contributed by atoms with Crippen molar-refractivity contribution in [2.24, 2.45) is 58.2 Å². The van der Waals surface area contributed by atoms with E-state index >= 15 is 0 Å². The van der Waals surface area contributed by atoms with E-state index in [1.807, 2.05) is 6.92 Å². The SMILES string of the molecule is CC[C@@H]1[C@@H]2C[C@H](O)CC[C@]2(C)C2CC[C@@]3(C)C(CC[C@@H]3[C@@H](C)C[C@H](C)C(=O)NCC(=O)O)C2[C@]1(C)O. The van der Waals surface area contributed by atoms with Crippen LogP contribution in [0.25, 0.3) is 0 Å². The van der Waals surface area contributed by atoms with Crippen LogP contribution in [0.5, 0.6) is 0 Å². The summed E-state index contributed by atoms with van der Waals surface area (Å²) in [5.41, 5.74) is -0.388. The molecule has 6 heteroatoms. The van der Waals surface area contributed by atoms with Gasteiger partial charge in [-0.2, -0.15) is 0 Å². The lowest BCUT2D eigenvalue weighted by molar-refractivity contribution is -0.245. The largest absolute Gasteiger partial charge is 0.480 e. The Kier molecular flexibility index (Phi) is 7.65. The predicted octanol–water partition coefficient (Wildman–Crippen LogP) is 4.87. The number of nitrogens with one attached hydrogen (secondary N) is 1. The van der Waals surface area contributed by atoms with Crippen LogP contribution < -0.4 is 5.32 Å². The summed E-state index contributed by atoms with van der Waals surface area (Å²) in [6, 6.07) is 0. The maximum atomic E-state index is 12.5. The average Bonchev–Trinajstić information content (AvgIpc) is 3.15. The number of aliphatic carboxylic acids is 1. The minimum absolute atomic E-state index is 0.150. The number of carbonyl (C=O) groups is 2. The summed E-state index contributed by atoms with van der Waals surface area (Å²) in [6.45, 7) is 13.2. The Morgan fingerprint density at radius 3 is 2.25 bits per heavy atom. The second kappa shape index (κ2) is 9.87. The molecule has 4 aliphatic carbocycles. The lowest BCUT2D eigenvalue weighted by Gasteiger charge is -2.68. The van der Waals surface area contributed by atoms with Gasteiger partial charge in [-0.05, 0) is 111 Å². The zero-order valence-corrected chi connectivity index (χ0v) is 23.4. The Labute approximate surface area is 218 Å². The first-order valence-electron chi connectivity index (χ1n) is 14.7. The number of fused-ring (bicyclic) bond motifs is 5. The molecule has 0 spiro atoms. The van der Waals surface area contributed by atoms with E-state index in [2.05, 4.69) is 39.9 Å². The molecule has 0 radical (unpaired) electrons. The smallest absolute Gasteiger partial charge is 0.322 e. The van der Waals surface area contributed by atoms with Crippen LogP contribution in [0.2, 0.25) is 0 Å². The molecule has 4 aliphatic rings. The Bertz CT molecular complexity index is 843. The van der Waals surface area contributed by atoms with Crippen molar-refractivity contribution in [3.05, 3.63) is 0 Å². The number of amides is 1. The molecule has 4 N–H and O–H groups in total. The Balaban J connectivity index is 1.56. The molecule has 0 aromatic rings. The van der Waals surface area contributed by atoms with Crippen molar-refractivity contribution in [3.8, 4) is 0 Å². The maximum Gasteiger partial charge on any atom is 0.322 e. The van der Waals surface area contributed by atoms with Crippen molar-refractivity contribution >= 4 is 11.9 Å². The molecule has 0 bridgehead atoms. The van der Waals surface area contributed by atoms with E-state index in [9.17, 15) is 19.8 Å². The summed E-state index contributed by atoms with van der Waals surface area (Å²) in [4.78, 5) is 23.3. The quantitative estimate of drug-likeness (QED) is 0.395. The molecule has 0 aromatic heterocycles. The molecule has 1 amide bonds. The number of carbonyl (C=O) groups excluding carboxylic acids is 1. The number of hydrogen-bond acceptors (Lipinski definition) is 4. The monoisotopic (exact) mass is 505 g/mol. The number of aliphatic hydroxyl groups excluding tert-OH is 1. The van der Waals surface area contributed by atoms with Crippen LogP contribution in [0.15, 0.2) is 0 Å². The van der Waals surface area contributed by atoms with Crippen molar-refractivity contribution < 1.29 is 24.9 Å². The minimum atomic E-state index is -1.01. The first kappa shape index (κ1) is 27.9. The Morgan fingerprint density at radius 1 is 0.972 bits per heavy atom. The average molecular weight is 506 g/mol. The van der Waals surface area contributed by atoms with E-state index in [-0.39, 0.29) is 47.1 Å². The van der Waals surface area contributed by atoms with Crippen molar-refractivity contribution in [2.75, 3.05) is 6.54 Å². The molecule has 0 aliphatic heterocycles. The van der Waals surface area contributed by atoms with E-state index in [0.717, 1.165) is 51.4 Å². The van der Waals surface area contributed by atoms with E-state index in [4.69, 9.17) is 5.11 Å². The third-order valence-corrected chi connectivity index (χ3v) is 12.2. The normalized spacial score (nSPS) is 47.7. The van der Waals surface area contributed by atoms with E-state index in [1.54, 1.807) is 0 Å². The molecule has 0 saturated heterocycles. The fourth-order valence-electron chi connectivity index (χ4n) is 10.6. The fraction of sp³-hybridized carbons (Fsp3) is 0.933. The molecule has 4 rings (SSSR count). The van der Waals surface area contributed by atoms with Crippen molar-refractivity contribution in [1.29, 1.82) is 0 Å². The van der Waals surface area contributed by atoms with Gasteiger partial charge in [0.1, 0.15) is 6.54 Å². The van der Waals surface area contributed by atoms with Crippen molar-refractivity contribution in [1.82, 2.24) is 5.32 Å². The fourth-order valence-corrected chi connectivity index (χ4v) is 10.6. The number of hydrogen-bond donors (Lipinski definition) is 4. The third kappa shape index (κ3) is 4.42. The number of aliphatic hydroxyl groups is 2. The standard InChI is InChI=1S/C30H51NO5/c1-7-20-24-15-19(32)10-12-29(24,5)23-11-13-28(4)21(8-9-22(28)26(23)30(20,6)36)17(2)14-18(3)27(35)31-16-25(33)34/h17-24,26,32,36H,7-16H2,1-6H3,(H,31,35)(H,33,34)/t17-,18-,19+,20+,21+,22?,23?,24-,26?,28+,29+,30+/m0/s1. The van der Waals surface area contributed by atoms with Gasteiger partial charge in [0.05, 0.1) is 11.7 Å². The molecule has 3 unspecified atom stereocenters. The molecule has 206 valence electrons. The van der Waals surface area contributed by atoms with Crippen LogP contribution in [0, 0.1) is 58.2 Å². The van der Waals surface area contributed by atoms with Gasteiger partial charge in [0.2, 0.25) is 5.91 Å². The summed E-state index contributed by atoms with van der Waals surface area (Å²) in [5.74, 6) is 1.34. The first-order valence-corrected chi connectivity index (χ1v) is 14.7. The van der Waals surface area contributed by atoms with Crippen LogP contribution in [0.3, 0.4) is 0 Å². The van der Waals surface area contributed by atoms with Gasteiger partial charge in [-0.25, -0.2) is 0 Å². The van der Waals surface area contributed by atoms with E-state index < -0.39 is 11.6 Å². The Morgan fingerprint density at radius 2 is 1.61 bits per heavy atom. The first-order chi connectivity index (χ1) is 16.8. The summed E-state index contributed by atoms with van der Waals surface area (Å²) < 4.78 is 0. The summed E-state index contributed by atoms with van der Waals surface area (Å²) in [6.07, 6.45) is 8.87. The van der Waals surface area contributed by atoms with Crippen LogP contribution >= 0.6 is 0 Å². The van der Waals surface area contributed by atoms with Gasteiger partial charge in [-0.1, -0.05) is 41.0 Å². The molecule has 12 atom stereocenters. The molecule has 0 aromatic carbocycles. The molecule has 6 nitrogen and oxygen atoms in total. The third-order valence-electron chi connectivity index (χ3n) is 12.2. The maximum absolute atomic E-state index is 12.5. The highest BCUT2D eigenvalue weighted by atomic mass is 16.4. The van der Waals surface area contributed by atoms with Gasteiger partial charge < -0.3 is 20.6 Å². The van der Waals surface area contributed by atoms with Crippen LogP contribution in [-0.2, 0) is 9.59 Å². The highest BCUT2D eigenvalue weighted by Gasteiger charge is 2.68. The summed E-state index contributed by atoms with van der Waals surface area (Å²) in [7, 11) is 0. The molecule has 36 heavy (non-hydrogen) atoms. The number of carboxylic acid groups (broad SMARTS) is 1. The highest BCUT2D eigenvalue weighted by molar-refractivity contribution is 5.82. The zero-order chi connectivity index (χ0) is 26.6. The van der Waals surface area contributed by atoms with Crippen molar-refractivity contribution in [2.45, 2.75) is 111 Å². The number of rotatable bonds is 7. The molecule has 4 saturated carbocycles.